The molecule has 2 aromatic carbocycles. The van der Waals surface area contributed by atoms with Crippen LogP contribution in [0.15, 0.2) is 53.3 Å². The van der Waals surface area contributed by atoms with E-state index in [9.17, 15) is 31.9 Å². The SMILES string of the molecule is Cc1c(Cc2ccc(F)c(C(=O)N3CCN([C@H](C)c4ccccc4)C(=O)C3)c2)n[nH]c(=O)c1C.O=C(O)C(F)(F)F. The number of piperazine rings is 1. The minimum Gasteiger partial charge on any atom is -0.475 e. The molecule has 1 aliphatic heterocycles. The number of rotatable bonds is 5. The molecular weight excluding hydrogens is 548 g/mol. The van der Waals surface area contributed by atoms with Crippen molar-refractivity contribution in [2.24, 2.45) is 0 Å². The van der Waals surface area contributed by atoms with Crippen LogP contribution >= 0.6 is 0 Å². The predicted molar refractivity (Wildman–Crippen MR) is 140 cm³/mol. The zero-order valence-corrected chi connectivity index (χ0v) is 22.5. The van der Waals surface area contributed by atoms with Crippen molar-refractivity contribution in [2.45, 2.75) is 39.4 Å². The van der Waals surface area contributed by atoms with Crippen molar-refractivity contribution in [3.8, 4) is 0 Å². The van der Waals surface area contributed by atoms with E-state index in [1.165, 1.54) is 17.0 Å². The van der Waals surface area contributed by atoms with Gasteiger partial charge >= 0.3 is 12.1 Å². The smallest absolute Gasteiger partial charge is 0.475 e. The molecule has 0 saturated carbocycles. The molecule has 1 aromatic heterocycles. The van der Waals surface area contributed by atoms with E-state index >= 15 is 0 Å². The van der Waals surface area contributed by atoms with Crippen LogP contribution < -0.4 is 5.56 Å². The fraction of sp³-hybridized carbons (Fsp3) is 0.321. The van der Waals surface area contributed by atoms with Gasteiger partial charge in [0.2, 0.25) is 5.91 Å². The molecule has 1 aliphatic rings. The third-order valence-electron chi connectivity index (χ3n) is 6.80. The summed E-state index contributed by atoms with van der Waals surface area (Å²) in [6, 6.07) is 14.0. The van der Waals surface area contributed by atoms with Gasteiger partial charge in [-0.2, -0.15) is 18.3 Å². The molecule has 0 bridgehead atoms. The maximum absolute atomic E-state index is 14.6. The van der Waals surface area contributed by atoms with E-state index in [1.807, 2.05) is 44.2 Å². The first kappa shape index (κ1) is 31.0. The van der Waals surface area contributed by atoms with Crippen LogP contribution in [0.4, 0.5) is 17.6 Å². The standard InChI is InChI=1S/C26H27FN4O3.C2HF3O2/c1-16-17(2)25(33)29-28-23(16)14-19-9-10-22(27)21(13-19)26(34)30-11-12-31(24(32)15-30)18(3)20-7-5-4-6-8-20;3-2(4,5)1(6)7/h4-10,13,18H,11-12,14-15H2,1-3H3,(H,29,33);(H,6,7)/t18-;/m1./s1. The summed E-state index contributed by atoms with van der Waals surface area (Å²) in [5, 5.41) is 13.7. The van der Waals surface area contributed by atoms with Crippen molar-refractivity contribution in [1.29, 1.82) is 0 Å². The minimum atomic E-state index is -5.08. The molecule has 0 radical (unpaired) electrons. The van der Waals surface area contributed by atoms with E-state index in [1.54, 1.807) is 17.9 Å². The summed E-state index contributed by atoms with van der Waals surface area (Å²) < 4.78 is 46.4. The van der Waals surface area contributed by atoms with Gasteiger partial charge in [0.05, 0.1) is 17.3 Å². The molecule has 2 heterocycles. The lowest BCUT2D eigenvalue weighted by molar-refractivity contribution is -0.192. The summed E-state index contributed by atoms with van der Waals surface area (Å²) in [5.74, 6) is -4.07. The van der Waals surface area contributed by atoms with Crippen LogP contribution in [-0.2, 0) is 16.0 Å². The van der Waals surface area contributed by atoms with E-state index in [0.29, 0.717) is 36.3 Å². The molecule has 3 aromatic rings. The summed E-state index contributed by atoms with van der Waals surface area (Å²) in [7, 11) is 0. The largest absolute Gasteiger partial charge is 0.490 e. The summed E-state index contributed by atoms with van der Waals surface area (Å²) in [6.45, 7) is 6.09. The van der Waals surface area contributed by atoms with Gasteiger partial charge in [-0.05, 0) is 49.6 Å². The number of carbonyl (C=O) groups excluding carboxylic acids is 2. The number of carboxylic acid groups (broad SMARTS) is 1. The van der Waals surface area contributed by atoms with Crippen LogP contribution in [0.3, 0.4) is 0 Å². The molecule has 2 N–H and O–H groups in total. The molecule has 0 spiro atoms. The van der Waals surface area contributed by atoms with Crippen molar-refractivity contribution >= 4 is 17.8 Å². The first-order valence-electron chi connectivity index (χ1n) is 12.5. The number of hydrogen-bond donors (Lipinski definition) is 2. The number of carbonyl (C=O) groups is 3. The summed E-state index contributed by atoms with van der Waals surface area (Å²) >= 11 is 0. The van der Waals surface area contributed by atoms with Gasteiger partial charge in [-0.25, -0.2) is 14.3 Å². The Bertz CT molecular complexity index is 1490. The van der Waals surface area contributed by atoms with Crippen LogP contribution in [0, 0.1) is 19.7 Å². The highest BCUT2D eigenvalue weighted by Gasteiger charge is 2.38. The topological polar surface area (TPSA) is 124 Å². The molecule has 2 amide bonds. The van der Waals surface area contributed by atoms with E-state index in [2.05, 4.69) is 10.2 Å². The molecule has 9 nitrogen and oxygen atoms in total. The first-order chi connectivity index (χ1) is 19.2. The van der Waals surface area contributed by atoms with Crippen molar-refractivity contribution in [1.82, 2.24) is 20.0 Å². The van der Waals surface area contributed by atoms with Crippen molar-refractivity contribution < 1.29 is 37.1 Å². The number of aliphatic carboxylic acids is 1. The van der Waals surface area contributed by atoms with Gasteiger partial charge in [0, 0.05) is 25.1 Å². The molecule has 218 valence electrons. The Morgan fingerprint density at radius 2 is 1.68 bits per heavy atom. The number of benzene rings is 2. The first-order valence-corrected chi connectivity index (χ1v) is 12.5. The second-order valence-corrected chi connectivity index (χ2v) is 9.44. The number of nitrogens with one attached hydrogen (secondary N) is 1. The average molecular weight is 577 g/mol. The number of aromatic amines is 1. The average Bonchev–Trinajstić information content (AvgIpc) is 2.94. The zero-order chi connectivity index (χ0) is 30.5. The number of amides is 2. The molecule has 0 unspecified atom stereocenters. The maximum atomic E-state index is 14.6. The highest BCUT2D eigenvalue weighted by atomic mass is 19.4. The molecule has 1 saturated heterocycles. The number of hydrogen-bond acceptors (Lipinski definition) is 5. The van der Waals surface area contributed by atoms with Crippen LogP contribution in [0.1, 0.15) is 51.3 Å². The minimum absolute atomic E-state index is 0.0753. The molecule has 41 heavy (non-hydrogen) atoms. The molecule has 1 fully saturated rings. The molecular formula is C28H28F4N4O5. The maximum Gasteiger partial charge on any atom is 0.490 e. The molecule has 1 atom stereocenters. The Labute approximate surface area is 232 Å². The molecule has 4 rings (SSSR count). The fourth-order valence-corrected chi connectivity index (χ4v) is 4.24. The van der Waals surface area contributed by atoms with Gasteiger partial charge in [-0.3, -0.25) is 14.4 Å². The Morgan fingerprint density at radius 3 is 2.27 bits per heavy atom. The third-order valence-corrected chi connectivity index (χ3v) is 6.80. The fourth-order valence-electron chi connectivity index (χ4n) is 4.24. The Hall–Kier alpha value is -4.55. The third kappa shape index (κ3) is 7.56. The quantitative estimate of drug-likeness (QED) is 0.446. The second-order valence-electron chi connectivity index (χ2n) is 9.44. The predicted octanol–water partition coefficient (Wildman–Crippen LogP) is 3.80. The van der Waals surface area contributed by atoms with E-state index in [0.717, 1.165) is 11.1 Å². The van der Waals surface area contributed by atoms with Gasteiger partial charge in [-0.1, -0.05) is 36.4 Å². The van der Waals surface area contributed by atoms with Crippen LogP contribution in [0.25, 0.3) is 0 Å². The van der Waals surface area contributed by atoms with E-state index in [4.69, 9.17) is 9.90 Å². The second kappa shape index (κ2) is 12.7. The Balaban J connectivity index is 0.000000587. The summed E-state index contributed by atoms with van der Waals surface area (Å²) in [6.07, 6.45) is -4.74. The number of aromatic nitrogens is 2. The number of H-pyrrole nitrogens is 1. The Kier molecular flexibility index (Phi) is 9.63. The van der Waals surface area contributed by atoms with Gasteiger partial charge in [0.25, 0.3) is 11.5 Å². The van der Waals surface area contributed by atoms with Crippen molar-refractivity contribution in [2.75, 3.05) is 19.6 Å². The lowest BCUT2D eigenvalue weighted by atomic mass is 10.0. The monoisotopic (exact) mass is 576 g/mol. The normalized spacial score (nSPS) is 14.3. The zero-order valence-electron chi connectivity index (χ0n) is 22.5. The number of halogens is 4. The molecule has 0 aliphatic carbocycles. The summed E-state index contributed by atoms with van der Waals surface area (Å²) in [5.41, 5.74) is 3.38. The van der Waals surface area contributed by atoms with Crippen molar-refractivity contribution in [3.63, 3.8) is 0 Å². The van der Waals surface area contributed by atoms with Crippen LogP contribution in [0.2, 0.25) is 0 Å². The van der Waals surface area contributed by atoms with Crippen LogP contribution in [0.5, 0.6) is 0 Å². The highest BCUT2D eigenvalue weighted by Crippen LogP contribution is 2.24. The highest BCUT2D eigenvalue weighted by molar-refractivity contribution is 5.97. The summed E-state index contributed by atoms with van der Waals surface area (Å²) in [4.78, 5) is 49.8. The Morgan fingerprint density at radius 1 is 1.05 bits per heavy atom. The lowest BCUT2D eigenvalue weighted by Gasteiger charge is -2.38. The van der Waals surface area contributed by atoms with Gasteiger partial charge in [0.1, 0.15) is 12.4 Å². The number of carboxylic acids is 1. The van der Waals surface area contributed by atoms with Crippen LogP contribution in [-0.4, -0.2) is 68.7 Å². The van der Waals surface area contributed by atoms with Gasteiger partial charge in [0.15, 0.2) is 0 Å². The molecule has 13 heteroatoms. The van der Waals surface area contributed by atoms with E-state index < -0.39 is 23.9 Å². The van der Waals surface area contributed by atoms with E-state index in [-0.39, 0.29) is 29.6 Å². The van der Waals surface area contributed by atoms with Gasteiger partial charge < -0.3 is 14.9 Å². The van der Waals surface area contributed by atoms with Gasteiger partial charge in [-0.15, -0.1) is 0 Å². The number of alkyl halides is 3. The van der Waals surface area contributed by atoms with Crippen molar-refractivity contribution in [3.05, 3.63) is 98.2 Å². The number of nitrogens with zero attached hydrogens (tertiary/aromatic N) is 3. The lowest BCUT2D eigenvalue weighted by Crippen LogP contribution is -2.52.